The molecule has 0 spiro atoms. The quantitative estimate of drug-likeness (QED) is 0.905. The predicted molar refractivity (Wildman–Crippen MR) is 87.0 cm³/mol. The summed E-state index contributed by atoms with van der Waals surface area (Å²) in [7, 11) is 0. The number of nitrogens with zero attached hydrogens (tertiary/aromatic N) is 1. The van der Waals surface area contributed by atoms with Crippen molar-refractivity contribution in [3.05, 3.63) is 28.7 Å². The van der Waals surface area contributed by atoms with E-state index in [1.165, 1.54) is 0 Å². The Hall–Kier alpha value is -1.36. The first kappa shape index (κ1) is 16.0. The first-order valence-electron chi connectivity index (χ1n) is 7.24. The van der Waals surface area contributed by atoms with Crippen LogP contribution >= 0.6 is 15.9 Å². The van der Waals surface area contributed by atoms with Crippen LogP contribution in [-0.2, 0) is 9.59 Å². The van der Waals surface area contributed by atoms with Gasteiger partial charge in [0.25, 0.3) is 0 Å². The van der Waals surface area contributed by atoms with Gasteiger partial charge in [-0.05, 0) is 31.0 Å². The van der Waals surface area contributed by atoms with Crippen molar-refractivity contribution in [2.45, 2.75) is 33.2 Å². The van der Waals surface area contributed by atoms with E-state index in [9.17, 15) is 9.59 Å². The summed E-state index contributed by atoms with van der Waals surface area (Å²) in [6, 6.07) is 7.71. The molecule has 1 aromatic carbocycles. The van der Waals surface area contributed by atoms with Crippen molar-refractivity contribution in [3.8, 4) is 0 Å². The van der Waals surface area contributed by atoms with Crippen molar-refractivity contribution in [2.75, 3.05) is 11.4 Å². The molecule has 0 saturated carbocycles. The molecular formula is C16H21BrN2O2. The molecular weight excluding hydrogens is 332 g/mol. The lowest BCUT2D eigenvalue weighted by Crippen LogP contribution is -2.40. The largest absolute Gasteiger partial charge is 0.353 e. The number of amides is 2. The van der Waals surface area contributed by atoms with Crippen molar-refractivity contribution in [1.29, 1.82) is 0 Å². The summed E-state index contributed by atoms with van der Waals surface area (Å²) in [5.74, 6) is 0.0948. The highest BCUT2D eigenvalue weighted by Crippen LogP contribution is 2.27. The van der Waals surface area contributed by atoms with Crippen LogP contribution in [0.1, 0.15) is 27.2 Å². The summed E-state index contributed by atoms with van der Waals surface area (Å²) in [5.41, 5.74) is 0.835. The second kappa shape index (κ2) is 6.60. The molecule has 0 radical (unpaired) electrons. The molecule has 1 aliphatic heterocycles. The lowest BCUT2D eigenvalue weighted by atomic mass is 10.0. The molecule has 1 fully saturated rings. The number of carbonyl (C=O) groups is 2. The van der Waals surface area contributed by atoms with E-state index in [4.69, 9.17) is 0 Å². The van der Waals surface area contributed by atoms with Crippen molar-refractivity contribution < 1.29 is 9.59 Å². The fourth-order valence-corrected chi connectivity index (χ4v) is 2.67. The van der Waals surface area contributed by atoms with Gasteiger partial charge in [-0.25, -0.2) is 0 Å². The molecule has 0 bridgehead atoms. The monoisotopic (exact) mass is 352 g/mol. The van der Waals surface area contributed by atoms with E-state index in [0.29, 0.717) is 12.5 Å². The van der Waals surface area contributed by atoms with Gasteiger partial charge in [0.15, 0.2) is 0 Å². The fourth-order valence-electron chi connectivity index (χ4n) is 2.29. The van der Waals surface area contributed by atoms with Crippen LogP contribution in [0.2, 0.25) is 0 Å². The summed E-state index contributed by atoms with van der Waals surface area (Å²) in [4.78, 5) is 26.1. The normalized spacial score (nSPS) is 20.0. The Morgan fingerprint density at radius 3 is 2.71 bits per heavy atom. The van der Waals surface area contributed by atoms with Crippen LogP contribution in [0.25, 0.3) is 0 Å². The molecule has 2 atom stereocenters. The van der Waals surface area contributed by atoms with Crippen LogP contribution in [0.15, 0.2) is 28.7 Å². The zero-order chi connectivity index (χ0) is 15.6. The Morgan fingerprint density at radius 1 is 1.38 bits per heavy atom. The maximum absolute atomic E-state index is 12.3. The lowest BCUT2D eigenvalue weighted by Gasteiger charge is -2.20. The van der Waals surface area contributed by atoms with Gasteiger partial charge in [-0.3, -0.25) is 9.59 Å². The molecule has 0 aromatic heterocycles. The first-order valence-corrected chi connectivity index (χ1v) is 8.04. The van der Waals surface area contributed by atoms with Crippen LogP contribution in [0.4, 0.5) is 5.69 Å². The molecule has 1 heterocycles. The van der Waals surface area contributed by atoms with Crippen LogP contribution < -0.4 is 10.2 Å². The van der Waals surface area contributed by atoms with E-state index in [-0.39, 0.29) is 30.2 Å². The SMILES string of the molecule is CC(C)C(C)NC(=O)C1CC(=O)N(c2cccc(Br)c2)C1. The number of nitrogens with one attached hydrogen (secondary N) is 1. The van der Waals surface area contributed by atoms with E-state index >= 15 is 0 Å². The van der Waals surface area contributed by atoms with E-state index in [2.05, 4.69) is 35.1 Å². The van der Waals surface area contributed by atoms with Gasteiger partial charge < -0.3 is 10.2 Å². The molecule has 2 rings (SSSR count). The highest BCUT2D eigenvalue weighted by molar-refractivity contribution is 9.10. The minimum absolute atomic E-state index is 0.00505. The highest BCUT2D eigenvalue weighted by Gasteiger charge is 2.35. The van der Waals surface area contributed by atoms with Crippen molar-refractivity contribution in [2.24, 2.45) is 11.8 Å². The van der Waals surface area contributed by atoms with Gasteiger partial charge in [-0.2, -0.15) is 0 Å². The number of halogens is 1. The van der Waals surface area contributed by atoms with E-state index in [1.807, 2.05) is 31.2 Å². The number of anilines is 1. The molecule has 2 amide bonds. The third-order valence-electron chi connectivity index (χ3n) is 3.99. The van der Waals surface area contributed by atoms with Gasteiger partial charge >= 0.3 is 0 Å². The van der Waals surface area contributed by atoms with Gasteiger partial charge in [-0.1, -0.05) is 35.8 Å². The van der Waals surface area contributed by atoms with Crippen molar-refractivity contribution in [1.82, 2.24) is 5.32 Å². The second-order valence-corrected chi connectivity index (χ2v) is 6.84. The Labute approximate surface area is 134 Å². The molecule has 21 heavy (non-hydrogen) atoms. The number of hydrogen-bond donors (Lipinski definition) is 1. The Morgan fingerprint density at radius 2 is 2.10 bits per heavy atom. The molecule has 4 nitrogen and oxygen atoms in total. The molecule has 2 unspecified atom stereocenters. The molecule has 114 valence electrons. The summed E-state index contributed by atoms with van der Waals surface area (Å²) in [5, 5.41) is 3.00. The van der Waals surface area contributed by atoms with Crippen molar-refractivity contribution in [3.63, 3.8) is 0 Å². The predicted octanol–water partition coefficient (Wildman–Crippen LogP) is 2.96. The molecule has 0 aliphatic carbocycles. The van der Waals surface area contributed by atoms with Gasteiger partial charge in [-0.15, -0.1) is 0 Å². The smallest absolute Gasteiger partial charge is 0.227 e. The number of carbonyl (C=O) groups excluding carboxylic acids is 2. The lowest BCUT2D eigenvalue weighted by molar-refractivity contribution is -0.127. The van der Waals surface area contributed by atoms with E-state index in [1.54, 1.807) is 4.90 Å². The Bertz CT molecular complexity index is 545. The molecule has 1 aromatic rings. The average molecular weight is 353 g/mol. The average Bonchev–Trinajstić information content (AvgIpc) is 2.80. The third-order valence-corrected chi connectivity index (χ3v) is 4.48. The van der Waals surface area contributed by atoms with Crippen LogP contribution in [-0.4, -0.2) is 24.4 Å². The number of benzene rings is 1. The standard InChI is InChI=1S/C16H21BrN2O2/c1-10(2)11(3)18-16(21)12-7-15(20)19(9-12)14-6-4-5-13(17)8-14/h4-6,8,10-12H,7,9H2,1-3H3,(H,18,21). The van der Waals surface area contributed by atoms with Gasteiger partial charge in [0.2, 0.25) is 11.8 Å². The van der Waals surface area contributed by atoms with Gasteiger partial charge in [0.1, 0.15) is 0 Å². The fraction of sp³-hybridized carbons (Fsp3) is 0.500. The summed E-state index contributed by atoms with van der Waals surface area (Å²) < 4.78 is 0.925. The summed E-state index contributed by atoms with van der Waals surface area (Å²) in [6.45, 7) is 6.58. The highest BCUT2D eigenvalue weighted by atomic mass is 79.9. The molecule has 1 aliphatic rings. The summed E-state index contributed by atoms with van der Waals surface area (Å²) in [6.07, 6.45) is 0.281. The van der Waals surface area contributed by atoms with Crippen LogP contribution in [0.3, 0.4) is 0 Å². The van der Waals surface area contributed by atoms with Gasteiger partial charge in [0, 0.05) is 29.2 Å². The van der Waals surface area contributed by atoms with Crippen molar-refractivity contribution >= 4 is 33.4 Å². The first-order chi connectivity index (χ1) is 9.88. The zero-order valence-electron chi connectivity index (χ0n) is 12.6. The molecule has 1 saturated heterocycles. The topological polar surface area (TPSA) is 49.4 Å². The van der Waals surface area contributed by atoms with E-state index in [0.717, 1.165) is 10.2 Å². The number of rotatable bonds is 4. The maximum atomic E-state index is 12.3. The third kappa shape index (κ3) is 3.84. The second-order valence-electron chi connectivity index (χ2n) is 5.93. The molecule has 1 N–H and O–H groups in total. The minimum atomic E-state index is -0.266. The number of hydrogen-bond acceptors (Lipinski definition) is 2. The molecule has 5 heteroatoms. The minimum Gasteiger partial charge on any atom is -0.353 e. The van der Waals surface area contributed by atoms with E-state index < -0.39 is 0 Å². The Kier molecular flexibility index (Phi) is 5.04. The van der Waals surface area contributed by atoms with Crippen LogP contribution in [0, 0.1) is 11.8 Å². The Balaban J connectivity index is 2.04. The zero-order valence-corrected chi connectivity index (χ0v) is 14.2. The maximum Gasteiger partial charge on any atom is 0.227 e. The summed E-state index contributed by atoms with van der Waals surface area (Å²) >= 11 is 3.40. The van der Waals surface area contributed by atoms with Gasteiger partial charge in [0.05, 0.1) is 5.92 Å². The van der Waals surface area contributed by atoms with Crippen LogP contribution in [0.5, 0.6) is 0 Å².